The number of hydrogen-bond acceptors (Lipinski definition) is 5. The Bertz CT molecular complexity index is 583. The van der Waals surface area contributed by atoms with E-state index in [1.54, 1.807) is 25.1 Å². The van der Waals surface area contributed by atoms with Crippen molar-refractivity contribution in [1.82, 2.24) is 5.16 Å². The Balaban J connectivity index is 2.16. The molecule has 0 bridgehead atoms. The number of aryl methyl sites for hydroxylation is 1. The van der Waals surface area contributed by atoms with Crippen molar-refractivity contribution < 1.29 is 9.45 Å². The third-order valence-electron chi connectivity index (χ3n) is 2.29. The zero-order valence-corrected chi connectivity index (χ0v) is 10.3. The SMILES string of the molecule is Cc1cc(CNc2ccc(Cl)cc2[N+](=O)[O-])on1. The standard InChI is InChI=1S/C11H10ClN3O3/c1-7-4-9(18-14-7)6-13-10-3-2-8(12)5-11(10)15(16)17/h2-5,13H,6H2,1H3. The van der Waals surface area contributed by atoms with Crippen molar-refractivity contribution in [3.63, 3.8) is 0 Å². The van der Waals surface area contributed by atoms with E-state index in [1.165, 1.54) is 6.07 Å². The molecule has 0 fully saturated rings. The Labute approximate surface area is 108 Å². The van der Waals surface area contributed by atoms with Crippen molar-refractivity contribution in [3.05, 3.63) is 50.9 Å². The molecule has 0 spiro atoms. The molecule has 0 atom stereocenters. The predicted octanol–water partition coefficient (Wildman–Crippen LogP) is 3.16. The van der Waals surface area contributed by atoms with Gasteiger partial charge in [-0.05, 0) is 19.1 Å². The average Bonchev–Trinajstić information content (AvgIpc) is 2.73. The third kappa shape index (κ3) is 2.78. The van der Waals surface area contributed by atoms with E-state index in [-0.39, 0.29) is 5.69 Å². The fraction of sp³-hybridized carbons (Fsp3) is 0.182. The van der Waals surface area contributed by atoms with Crippen molar-refractivity contribution in [2.45, 2.75) is 13.5 Å². The van der Waals surface area contributed by atoms with Gasteiger partial charge in [0.05, 0.1) is 17.2 Å². The van der Waals surface area contributed by atoms with Crippen LogP contribution < -0.4 is 5.32 Å². The highest BCUT2D eigenvalue weighted by Crippen LogP contribution is 2.28. The number of nitro benzene ring substituents is 1. The normalized spacial score (nSPS) is 10.3. The zero-order valence-electron chi connectivity index (χ0n) is 9.51. The molecule has 0 aliphatic heterocycles. The van der Waals surface area contributed by atoms with Crippen molar-refractivity contribution in [3.8, 4) is 0 Å². The predicted molar refractivity (Wildman–Crippen MR) is 66.7 cm³/mol. The molecule has 7 heteroatoms. The van der Waals surface area contributed by atoms with Crippen molar-refractivity contribution in [2.75, 3.05) is 5.32 Å². The average molecular weight is 268 g/mol. The minimum absolute atomic E-state index is 0.0706. The van der Waals surface area contributed by atoms with Gasteiger partial charge in [-0.2, -0.15) is 0 Å². The van der Waals surface area contributed by atoms with Crippen molar-refractivity contribution in [2.24, 2.45) is 0 Å². The lowest BCUT2D eigenvalue weighted by atomic mass is 10.2. The van der Waals surface area contributed by atoms with Gasteiger partial charge in [0.15, 0.2) is 5.76 Å². The second kappa shape index (κ2) is 5.05. The molecular formula is C11H10ClN3O3. The van der Waals surface area contributed by atoms with Crippen LogP contribution in [-0.2, 0) is 6.54 Å². The Morgan fingerprint density at radius 3 is 2.89 bits per heavy atom. The number of halogens is 1. The zero-order chi connectivity index (χ0) is 13.1. The summed E-state index contributed by atoms with van der Waals surface area (Å²) >= 11 is 5.72. The van der Waals surface area contributed by atoms with Gasteiger partial charge in [-0.1, -0.05) is 16.8 Å². The lowest BCUT2D eigenvalue weighted by molar-refractivity contribution is -0.383. The van der Waals surface area contributed by atoms with Crippen LogP contribution in [-0.4, -0.2) is 10.1 Å². The summed E-state index contributed by atoms with van der Waals surface area (Å²) in [6.07, 6.45) is 0. The monoisotopic (exact) mass is 267 g/mol. The Hall–Kier alpha value is -2.08. The van der Waals surface area contributed by atoms with Gasteiger partial charge in [-0.25, -0.2) is 0 Å². The van der Waals surface area contributed by atoms with Crippen LogP contribution in [0, 0.1) is 17.0 Å². The largest absolute Gasteiger partial charge is 0.372 e. The van der Waals surface area contributed by atoms with Crippen LogP contribution in [0.5, 0.6) is 0 Å². The maximum absolute atomic E-state index is 10.9. The van der Waals surface area contributed by atoms with Gasteiger partial charge in [-0.3, -0.25) is 10.1 Å². The highest BCUT2D eigenvalue weighted by Gasteiger charge is 2.14. The number of hydrogen-bond donors (Lipinski definition) is 1. The molecule has 1 aromatic heterocycles. The van der Waals surface area contributed by atoms with Crippen LogP contribution in [0.3, 0.4) is 0 Å². The van der Waals surface area contributed by atoms with E-state index in [0.717, 1.165) is 5.69 Å². The Morgan fingerprint density at radius 1 is 1.50 bits per heavy atom. The number of rotatable bonds is 4. The molecule has 0 unspecified atom stereocenters. The van der Waals surface area contributed by atoms with Gasteiger partial charge >= 0.3 is 0 Å². The minimum atomic E-state index is -0.486. The molecule has 0 aliphatic rings. The first kappa shape index (κ1) is 12.4. The van der Waals surface area contributed by atoms with Crippen LogP contribution in [0.4, 0.5) is 11.4 Å². The lowest BCUT2D eigenvalue weighted by Crippen LogP contribution is -2.01. The number of nitrogens with one attached hydrogen (secondary N) is 1. The molecule has 0 aliphatic carbocycles. The number of nitro groups is 1. The summed E-state index contributed by atoms with van der Waals surface area (Å²) in [5.41, 5.74) is 1.08. The van der Waals surface area contributed by atoms with Crippen LogP contribution in [0.1, 0.15) is 11.5 Å². The lowest BCUT2D eigenvalue weighted by Gasteiger charge is -2.05. The molecule has 0 amide bonds. The van der Waals surface area contributed by atoms with Gasteiger partial charge in [0, 0.05) is 17.2 Å². The fourth-order valence-corrected chi connectivity index (χ4v) is 1.65. The smallest absolute Gasteiger partial charge is 0.293 e. The summed E-state index contributed by atoms with van der Waals surface area (Å²) in [7, 11) is 0. The van der Waals surface area contributed by atoms with Gasteiger partial charge in [0.2, 0.25) is 0 Å². The summed E-state index contributed by atoms with van der Waals surface area (Å²) < 4.78 is 5.00. The number of aromatic nitrogens is 1. The van der Waals surface area contributed by atoms with E-state index in [2.05, 4.69) is 10.5 Å². The highest BCUT2D eigenvalue weighted by molar-refractivity contribution is 6.30. The van der Waals surface area contributed by atoms with Crippen LogP contribution in [0.2, 0.25) is 5.02 Å². The molecule has 1 aromatic carbocycles. The molecule has 94 valence electrons. The van der Waals surface area contributed by atoms with E-state index >= 15 is 0 Å². The van der Waals surface area contributed by atoms with Gasteiger partial charge < -0.3 is 9.84 Å². The molecule has 2 rings (SSSR count). The van der Waals surface area contributed by atoms with E-state index in [9.17, 15) is 10.1 Å². The number of nitrogens with zero attached hydrogens (tertiary/aromatic N) is 2. The number of benzene rings is 1. The summed E-state index contributed by atoms with van der Waals surface area (Å²) in [6.45, 7) is 2.13. The third-order valence-corrected chi connectivity index (χ3v) is 2.52. The fourth-order valence-electron chi connectivity index (χ4n) is 1.49. The second-order valence-corrected chi connectivity index (χ2v) is 4.14. The van der Waals surface area contributed by atoms with Gasteiger partial charge in [-0.15, -0.1) is 0 Å². The molecule has 2 aromatic rings. The summed E-state index contributed by atoms with van der Waals surface area (Å²) in [4.78, 5) is 10.4. The highest BCUT2D eigenvalue weighted by atomic mass is 35.5. The molecule has 0 saturated carbocycles. The molecule has 18 heavy (non-hydrogen) atoms. The maximum Gasteiger partial charge on any atom is 0.293 e. The van der Waals surface area contributed by atoms with Crippen LogP contribution in [0.25, 0.3) is 0 Å². The number of anilines is 1. The maximum atomic E-state index is 10.9. The first-order valence-corrected chi connectivity index (χ1v) is 5.54. The minimum Gasteiger partial charge on any atom is -0.372 e. The van der Waals surface area contributed by atoms with E-state index in [4.69, 9.17) is 16.1 Å². The molecule has 1 heterocycles. The van der Waals surface area contributed by atoms with E-state index in [0.29, 0.717) is 23.0 Å². The molecule has 6 nitrogen and oxygen atoms in total. The van der Waals surface area contributed by atoms with Crippen molar-refractivity contribution in [1.29, 1.82) is 0 Å². The first-order valence-electron chi connectivity index (χ1n) is 5.16. The van der Waals surface area contributed by atoms with Crippen molar-refractivity contribution >= 4 is 23.0 Å². The second-order valence-electron chi connectivity index (χ2n) is 3.71. The Kier molecular flexibility index (Phi) is 3.47. The van der Waals surface area contributed by atoms with Crippen LogP contribution >= 0.6 is 11.6 Å². The molecule has 0 saturated heterocycles. The van der Waals surface area contributed by atoms with Gasteiger partial charge in [0.1, 0.15) is 5.69 Å². The quantitative estimate of drug-likeness (QED) is 0.680. The first-order chi connectivity index (χ1) is 8.56. The Morgan fingerprint density at radius 2 is 2.28 bits per heavy atom. The molecule has 0 radical (unpaired) electrons. The van der Waals surface area contributed by atoms with E-state index in [1.807, 2.05) is 0 Å². The summed E-state index contributed by atoms with van der Waals surface area (Å²) in [6, 6.07) is 6.20. The van der Waals surface area contributed by atoms with E-state index < -0.39 is 4.92 Å². The van der Waals surface area contributed by atoms with Crippen LogP contribution in [0.15, 0.2) is 28.8 Å². The summed E-state index contributed by atoms with van der Waals surface area (Å²) in [5.74, 6) is 0.608. The summed E-state index contributed by atoms with van der Waals surface area (Å²) in [5, 5.41) is 17.8. The molecule has 1 N–H and O–H groups in total. The molecular weight excluding hydrogens is 258 g/mol. The van der Waals surface area contributed by atoms with Gasteiger partial charge in [0.25, 0.3) is 5.69 Å². The topological polar surface area (TPSA) is 81.2 Å².